The number of nitrogens with zero attached hydrogens (tertiary/aromatic N) is 2. The summed E-state index contributed by atoms with van der Waals surface area (Å²) < 4.78 is 0. The minimum Gasteiger partial charge on any atom is -0.396 e. The second kappa shape index (κ2) is 10.1. The van der Waals surface area contributed by atoms with Gasteiger partial charge in [0.25, 0.3) is 0 Å². The lowest BCUT2D eigenvalue weighted by molar-refractivity contribution is 0.253. The fourth-order valence-electron chi connectivity index (χ4n) is 3.52. The summed E-state index contributed by atoms with van der Waals surface area (Å²) in [4.78, 5) is 7.41. The van der Waals surface area contributed by atoms with Crippen LogP contribution >= 0.6 is 0 Å². The molecule has 5 heteroatoms. The van der Waals surface area contributed by atoms with Gasteiger partial charge in [-0.05, 0) is 57.4 Å². The van der Waals surface area contributed by atoms with Crippen molar-refractivity contribution in [3.63, 3.8) is 0 Å². The highest BCUT2D eigenvalue weighted by molar-refractivity contribution is 5.79. The lowest BCUT2D eigenvalue weighted by atomic mass is 10.0. The van der Waals surface area contributed by atoms with E-state index in [1.54, 1.807) is 0 Å². The quantitative estimate of drug-likeness (QED) is 0.424. The highest BCUT2D eigenvalue weighted by Crippen LogP contribution is 2.31. The van der Waals surface area contributed by atoms with Gasteiger partial charge in [0.15, 0.2) is 5.96 Å². The molecule has 2 atom stereocenters. The number of aliphatic imine (C=N–C) groups is 1. The van der Waals surface area contributed by atoms with Gasteiger partial charge in [-0.15, -0.1) is 0 Å². The second-order valence-electron chi connectivity index (χ2n) is 7.15. The van der Waals surface area contributed by atoms with Crippen LogP contribution in [0.4, 0.5) is 0 Å². The lowest BCUT2D eigenvalue weighted by Gasteiger charge is -2.18. The Bertz CT molecular complexity index is 351. The standard InChI is InChI=1S/C18H36N4O/c1-3-5-15(9-11-23)12-20-18(19-4-2)21-13-16-8-10-22(14-16)17-6-7-17/h15-17,23H,3-14H2,1-2H3,(H2,19,20,21). The van der Waals surface area contributed by atoms with E-state index in [1.165, 1.54) is 32.4 Å². The first-order valence-electron chi connectivity index (χ1n) is 9.63. The van der Waals surface area contributed by atoms with E-state index in [1.807, 2.05) is 0 Å². The zero-order chi connectivity index (χ0) is 16.5. The molecule has 0 spiro atoms. The minimum atomic E-state index is 0.267. The molecule has 2 aliphatic rings. The SMILES string of the molecule is CCCC(CCO)CN=C(NCC)NCC1CCN(C2CC2)C1. The van der Waals surface area contributed by atoms with Crippen LogP contribution in [0.5, 0.6) is 0 Å². The van der Waals surface area contributed by atoms with Gasteiger partial charge in [0.2, 0.25) is 0 Å². The number of rotatable bonds is 10. The summed E-state index contributed by atoms with van der Waals surface area (Å²) in [6, 6.07) is 0.898. The summed E-state index contributed by atoms with van der Waals surface area (Å²) >= 11 is 0. The number of hydrogen-bond donors (Lipinski definition) is 3. The number of hydrogen-bond acceptors (Lipinski definition) is 3. The van der Waals surface area contributed by atoms with Gasteiger partial charge in [-0.25, -0.2) is 0 Å². The third-order valence-corrected chi connectivity index (χ3v) is 5.02. The normalized spacial score (nSPS) is 24.0. The molecule has 0 aromatic heterocycles. The van der Waals surface area contributed by atoms with E-state index in [-0.39, 0.29) is 6.61 Å². The van der Waals surface area contributed by atoms with Crippen molar-refractivity contribution in [3.05, 3.63) is 0 Å². The van der Waals surface area contributed by atoms with Gasteiger partial charge in [-0.3, -0.25) is 4.99 Å². The molecule has 1 saturated heterocycles. The molecule has 0 amide bonds. The molecular weight excluding hydrogens is 288 g/mol. The van der Waals surface area contributed by atoms with Gasteiger partial charge in [0.05, 0.1) is 0 Å². The van der Waals surface area contributed by atoms with Crippen molar-refractivity contribution >= 4 is 5.96 Å². The van der Waals surface area contributed by atoms with E-state index in [0.29, 0.717) is 5.92 Å². The molecule has 2 rings (SSSR count). The maximum Gasteiger partial charge on any atom is 0.191 e. The summed E-state index contributed by atoms with van der Waals surface area (Å²) in [6.45, 7) is 9.82. The van der Waals surface area contributed by atoms with Crippen LogP contribution < -0.4 is 10.6 Å². The van der Waals surface area contributed by atoms with Gasteiger partial charge in [-0.1, -0.05) is 13.3 Å². The Hall–Kier alpha value is -0.810. The van der Waals surface area contributed by atoms with Crippen molar-refractivity contribution in [1.82, 2.24) is 15.5 Å². The molecule has 0 bridgehead atoms. The maximum absolute atomic E-state index is 9.17. The number of nitrogens with one attached hydrogen (secondary N) is 2. The van der Waals surface area contributed by atoms with Crippen molar-refractivity contribution in [3.8, 4) is 0 Å². The van der Waals surface area contributed by atoms with Crippen molar-refractivity contribution in [2.45, 2.75) is 58.4 Å². The number of aliphatic hydroxyl groups is 1. The Balaban J connectivity index is 1.74. The fourth-order valence-corrected chi connectivity index (χ4v) is 3.52. The summed E-state index contributed by atoms with van der Waals surface area (Å²) in [7, 11) is 0. The molecule has 1 saturated carbocycles. The van der Waals surface area contributed by atoms with Crippen LogP contribution in [0.15, 0.2) is 4.99 Å². The molecule has 1 aliphatic heterocycles. The zero-order valence-electron chi connectivity index (χ0n) is 15.1. The summed E-state index contributed by atoms with van der Waals surface area (Å²) in [6.07, 6.45) is 7.29. The molecule has 1 heterocycles. The van der Waals surface area contributed by atoms with Crippen LogP contribution in [0, 0.1) is 11.8 Å². The molecule has 2 unspecified atom stereocenters. The Morgan fingerprint density at radius 2 is 2.04 bits per heavy atom. The van der Waals surface area contributed by atoms with E-state index in [2.05, 4.69) is 29.4 Å². The van der Waals surface area contributed by atoms with Crippen molar-refractivity contribution in [2.75, 3.05) is 39.3 Å². The molecule has 2 fully saturated rings. The molecule has 0 radical (unpaired) electrons. The monoisotopic (exact) mass is 324 g/mol. The van der Waals surface area contributed by atoms with Crippen LogP contribution in [0.3, 0.4) is 0 Å². The lowest BCUT2D eigenvalue weighted by Crippen LogP contribution is -2.40. The molecule has 134 valence electrons. The summed E-state index contributed by atoms with van der Waals surface area (Å²) in [5, 5.41) is 16.1. The first kappa shape index (κ1) is 18.5. The second-order valence-corrected chi connectivity index (χ2v) is 7.15. The molecule has 5 nitrogen and oxygen atoms in total. The molecule has 1 aliphatic carbocycles. The summed E-state index contributed by atoms with van der Waals surface area (Å²) in [5.74, 6) is 2.19. The molecule has 3 N–H and O–H groups in total. The minimum absolute atomic E-state index is 0.267. The van der Waals surface area contributed by atoms with Crippen molar-refractivity contribution < 1.29 is 5.11 Å². The van der Waals surface area contributed by atoms with Crippen LogP contribution in [-0.2, 0) is 0 Å². The van der Waals surface area contributed by atoms with Gasteiger partial charge < -0.3 is 20.6 Å². The average Bonchev–Trinajstić information content (AvgIpc) is 3.29. The van der Waals surface area contributed by atoms with E-state index < -0.39 is 0 Å². The third-order valence-electron chi connectivity index (χ3n) is 5.02. The average molecular weight is 325 g/mol. The highest BCUT2D eigenvalue weighted by Gasteiger charge is 2.34. The van der Waals surface area contributed by atoms with Crippen molar-refractivity contribution in [2.24, 2.45) is 16.8 Å². The number of guanidine groups is 1. The van der Waals surface area contributed by atoms with E-state index in [4.69, 9.17) is 10.1 Å². The van der Waals surface area contributed by atoms with Crippen LogP contribution in [0.1, 0.15) is 52.4 Å². The van der Waals surface area contributed by atoms with E-state index in [9.17, 15) is 0 Å². The topological polar surface area (TPSA) is 59.9 Å². The number of aliphatic hydroxyl groups excluding tert-OH is 1. The van der Waals surface area contributed by atoms with Crippen LogP contribution in [-0.4, -0.2) is 61.3 Å². The zero-order valence-corrected chi connectivity index (χ0v) is 15.1. The van der Waals surface area contributed by atoms with Crippen molar-refractivity contribution in [1.29, 1.82) is 0 Å². The largest absolute Gasteiger partial charge is 0.396 e. The molecule has 0 aromatic carbocycles. The van der Waals surface area contributed by atoms with E-state index in [0.717, 1.165) is 56.8 Å². The van der Waals surface area contributed by atoms with Gasteiger partial charge >= 0.3 is 0 Å². The van der Waals surface area contributed by atoms with Gasteiger partial charge in [0.1, 0.15) is 0 Å². The smallest absolute Gasteiger partial charge is 0.191 e. The third kappa shape index (κ3) is 6.68. The van der Waals surface area contributed by atoms with E-state index >= 15 is 0 Å². The number of likely N-dealkylation sites (tertiary alicyclic amines) is 1. The molecule has 23 heavy (non-hydrogen) atoms. The first-order valence-corrected chi connectivity index (χ1v) is 9.63. The molecule has 0 aromatic rings. The fraction of sp³-hybridized carbons (Fsp3) is 0.944. The maximum atomic E-state index is 9.17. The van der Waals surface area contributed by atoms with Gasteiger partial charge in [-0.2, -0.15) is 0 Å². The van der Waals surface area contributed by atoms with Crippen LogP contribution in [0.2, 0.25) is 0 Å². The van der Waals surface area contributed by atoms with Gasteiger partial charge in [0, 0.05) is 38.8 Å². The Morgan fingerprint density at radius 3 is 2.70 bits per heavy atom. The Labute approximate surface area is 141 Å². The predicted octanol–water partition coefficient (Wildman–Crippen LogP) is 1.82. The first-order chi connectivity index (χ1) is 11.3. The predicted molar refractivity (Wildman–Crippen MR) is 96.8 cm³/mol. The summed E-state index contributed by atoms with van der Waals surface area (Å²) in [5.41, 5.74) is 0. The Kier molecular flexibility index (Phi) is 8.17. The van der Waals surface area contributed by atoms with Crippen LogP contribution in [0.25, 0.3) is 0 Å². The molecular formula is C18H36N4O. The highest BCUT2D eigenvalue weighted by atomic mass is 16.3. The Morgan fingerprint density at radius 1 is 1.22 bits per heavy atom.